The molecule has 0 bridgehead atoms. The first kappa shape index (κ1) is 16.3. The van der Waals surface area contributed by atoms with Gasteiger partial charge in [-0.15, -0.1) is 0 Å². The second-order valence-corrected chi connectivity index (χ2v) is 7.44. The number of hydrogen-bond donors (Lipinski definition) is 2. The molecule has 3 N–H and O–H groups in total. The van der Waals surface area contributed by atoms with Crippen LogP contribution >= 0.6 is 0 Å². The van der Waals surface area contributed by atoms with Crippen LogP contribution in [0.25, 0.3) is 0 Å². The van der Waals surface area contributed by atoms with Crippen LogP contribution in [0, 0.1) is 11.8 Å². The zero-order valence-corrected chi connectivity index (χ0v) is 13.4. The maximum atomic E-state index is 12.5. The summed E-state index contributed by atoms with van der Waals surface area (Å²) < 4.78 is 32.9. The molecule has 2 unspecified atom stereocenters. The van der Waals surface area contributed by atoms with Crippen LogP contribution in [0.3, 0.4) is 0 Å². The molecule has 0 aromatic heterocycles. The molecule has 2 atom stereocenters. The van der Waals surface area contributed by atoms with Crippen molar-refractivity contribution in [3.8, 4) is 5.75 Å². The first-order valence-electron chi connectivity index (χ1n) is 7.34. The van der Waals surface area contributed by atoms with Crippen molar-refractivity contribution in [2.24, 2.45) is 17.6 Å². The van der Waals surface area contributed by atoms with E-state index in [4.69, 9.17) is 10.5 Å². The first-order valence-corrected chi connectivity index (χ1v) is 8.83. The molecule has 2 rings (SSSR count). The quantitative estimate of drug-likeness (QED) is 0.840. The summed E-state index contributed by atoms with van der Waals surface area (Å²) in [5.74, 6) is 1.34. The summed E-state index contributed by atoms with van der Waals surface area (Å²) in [6.45, 7) is 2.97. The van der Waals surface area contributed by atoms with Crippen molar-refractivity contribution in [2.75, 3.05) is 13.7 Å². The standard InChI is InChI=1S/C15H24N2O3S/c1-11-4-3-5-13(11)10-17-21(18,19)15-8-12(9-16)6-7-14(15)20-2/h6-8,11,13,17H,3-5,9-10,16H2,1-2H3. The van der Waals surface area contributed by atoms with Crippen molar-refractivity contribution >= 4 is 10.0 Å². The minimum Gasteiger partial charge on any atom is -0.495 e. The largest absolute Gasteiger partial charge is 0.495 e. The number of ether oxygens (including phenoxy) is 1. The molecular formula is C15H24N2O3S. The van der Waals surface area contributed by atoms with Crippen molar-refractivity contribution in [3.05, 3.63) is 23.8 Å². The molecule has 0 amide bonds. The molecular weight excluding hydrogens is 288 g/mol. The number of nitrogens with two attached hydrogens (primary N) is 1. The van der Waals surface area contributed by atoms with Gasteiger partial charge in [-0.05, 0) is 36.0 Å². The SMILES string of the molecule is COc1ccc(CN)cc1S(=O)(=O)NCC1CCCC1C. The molecule has 0 spiro atoms. The molecule has 1 aromatic rings. The second-order valence-electron chi connectivity index (χ2n) is 5.71. The Hall–Kier alpha value is -1.11. The Kier molecular flexibility index (Phi) is 5.24. The van der Waals surface area contributed by atoms with E-state index >= 15 is 0 Å². The lowest BCUT2D eigenvalue weighted by Gasteiger charge is -2.17. The minimum absolute atomic E-state index is 0.165. The summed E-state index contributed by atoms with van der Waals surface area (Å²) in [6.07, 6.45) is 3.45. The van der Waals surface area contributed by atoms with Crippen molar-refractivity contribution in [1.82, 2.24) is 4.72 Å². The Balaban J connectivity index is 2.18. The van der Waals surface area contributed by atoms with E-state index in [9.17, 15) is 8.42 Å². The average molecular weight is 312 g/mol. The summed E-state index contributed by atoms with van der Waals surface area (Å²) in [5, 5.41) is 0. The fraction of sp³-hybridized carbons (Fsp3) is 0.600. The predicted octanol–water partition coefficient (Wildman–Crippen LogP) is 1.87. The highest BCUT2D eigenvalue weighted by Gasteiger charge is 2.26. The fourth-order valence-corrected chi connectivity index (χ4v) is 4.19. The van der Waals surface area contributed by atoms with Crippen LogP contribution in [0.5, 0.6) is 5.75 Å². The van der Waals surface area contributed by atoms with Gasteiger partial charge in [0.25, 0.3) is 0 Å². The minimum atomic E-state index is -3.58. The average Bonchev–Trinajstić information content (AvgIpc) is 2.90. The Morgan fingerprint density at radius 3 is 2.71 bits per heavy atom. The number of rotatable bonds is 6. The number of benzene rings is 1. The molecule has 1 fully saturated rings. The lowest BCUT2D eigenvalue weighted by atomic mass is 9.99. The van der Waals surface area contributed by atoms with Gasteiger partial charge in [0.1, 0.15) is 10.6 Å². The van der Waals surface area contributed by atoms with Gasteiger partial charge < -0.3 is 10.5 Å². The van der Waals surface area contributed by atoms with E-state index < -0.39 is 10.0 Å². The summed E-state index contributed by atoms with van der Waals surface area (Å²) in [5.41, 5.74) is 6.36. The highest BCUT2D eigenvalue weighted by molar-refractivity contribution is 7.89. The zero-order chi connectivity index (χ0) is 15.5. The molecule has 0 saturated heterocycles. The van der Waals surface area contributed by atoms with Gasteiger partial charge in [0.15, 0.2) is 0 Å². The summed E-state index contributed by atoms with van der Waals surface area (Å²) in [6, 6.07) is 5.01. The lowest BCUT2D eigenvalue weighted by molar-refractivity contribution is 0.399. The van der Waals surface area contributed by atoms with Crippen LogP contribution in [0.15, 0.2) is 23.1 Å². The first-order chi connectivity index (χ1) is 9.97. The van der Waals surface area contributed by atoms with Gasteiger partial charge in [0.05, 0.1) is 7.11 Å². The summed E-state index contributed by atoms with van der Waals surface area (Å²) >= 11 is 0. The van der Waals surface area contributed by atoms with Crippen LogP contribution in [-0.2, 0) is 16.6 Å². The van der Waals surface area contributed by atoms with Gasteiger partial charge in [-0.25, -0.2) is 13.1 Å². The van der Waals surface area contributed by atoms with E-state index in [2.05, 4.69) is 11.6 Å². The molecule has 118 valence electrons. The van der Waals surface area contributed by atoms with Crippen LogP contribution in [0.1, 0.15) is 31.7 Å². The maximum absolute atomic E-state index is 12.5. The molecule has 6 heteroatoms. The molecule has 0 radical (unpaired) electrons. The topological polar surface area (TPSA) is 81.4 Å². The summed E-state index contributed by atoms with van der Waals surface area (Å²) in [7, 11) is -2.11. The van der Waals surface area contributed by atoms with E-state index in [0.717, 1.165) is 12.0 Å². The van der Waals surface area contributed by atoms with Gasteiger partial charge in [-0.2, -0.15) is 0 Å². The van der Waals surface area contributed by atoms with Crippen molar-refractivity contribution < 1.29 is 13.2 Å². The Labute approximate surface area is 126 Å². The van der Waals surface area contributed by atoms with Crippen LogP contribution in [0.4, 0.5) is 0 Å². The molecule has 0 heterocycles. The van der Waals surface area contributed by atoms with E-state index in [0.29, 0.717) is 30.7 Å². The monoisotopic (exact) mass is 312 g/mol. The third-order valence-electron chi connectivity index (χ3n) is 4.33. The normalized spacial score (nSPS) is 22.4. The highest BCUT2D eigenvalue weighted by atomic mass is 32.2. The van der Waals surface area contributed by atoms with Crippen LogP contribution < -0.4 is 15.2 Å². The van der Waals surface area contributed by atoms with E-state index in [1.54, 1.807) is 18.2 Å². The summed E-state index contributed by atoms with van der Waals surface area (Å²) in [4.78, 5) is 0.165. The number of nitrogens with one attached hydrogen (secondary N) is 1. The van der Waals surface area contributed by atoms with Gasteiger partial charge in [-0.1, -0.05) is 25.8 Å². The van der Waals surface area contributed by atoms with E-state index in [1.807, 2.05) is 0 Å². The van der Waals surface area contributed by atoms with Gasteiger partial charge in [0, 0.05) is 13.1 Å². The fourth-order valence-electron chi connectivity index (χ4n) is 2.88. The van der Waals surface area contributed by atoms with Crippen molar-refractivity contribution in [3.63, 3.8) is 0 Å². The second kappa shape index (κ2) is 6.77. The number of hydrogen-bond acceptors (Lipinski definition) is 4. The Morgan fingerprint density at radius 2 is 2.14 bits per heavy atom. The van der Waals surface area contributed by atoms with Gasteiger partial charge in [0.2, 0.25) is 10.0 Å². The van der Waals surface area contributed by atoms with Crippen molar-refractivity contribution in [2.45, 2.75) is 37.6 Å². The Morgan fingerprint density at radius 1 is 1.38 bits per heavy atom. The predicted molar refractivity (Wildman–Crippen MR) is 82.6 cm³/mol. The van der Waals surface area contributed by atoms with E-state index in [-0.39, 0.29) is 4.90 Å². The molecule has 21 heavy (non-hydrogen) atoms. The smallest absolute Gasteiger partial charge is 0.244 e. The van der Waals surface area contributed by atoms with Crippen LogP contribution in [-0.4, -0.2) is 22.1 Å². The van der Waals surface area contributed by atoms with Crippen molar-refractivity contribution in [1.29, 1.82) is 0 Å². The third-order valence-corrected chi connectivity index (χ3v) is 5.77. The zero-order valence-electron chi connectivity index (χ0n) is 12.6. The van der Waals surface area contributed by atoms with Gasteiger partial charge >= 0.3 is 0 Å². The molecule has 5 nitrogen and oxygen atoms in total. The number of methoxy groups -OCH3 is 1. The van der Waals surface area contributed by atoms with E-state index in [1.165, 1.54) is 20.0 Å². The third kappa shape index (κ3) is 3.75. The van der Waals surface area contributed by atoms with Gasteiger partial charge in [-0.3, -0.25) is 0 Å². The molecule has 1 aliphatic carbocycles. The molecule has 1 aromatic carbocycles. The molecule has 1 saturated carbocycles. The Bertz CT molecular complexity index is 587. The number of sulfonamides is 1. The molecule has 0 aliphatic heterocycles. The maximum Gasteiger partial charge on any atom is 0.244 e. The highest BCUT2D eigenvalue weighted by Crippen LogP contribution is 2.31. The lowest BCUT2D eigenvalue weighted by Crippen LogP contribution is -2.30. The van der Waals surface area contributed by atoms with Crippen LogP contribution in [0.2, 0.25) is 0 Å². The molecule has 1 aliphatic rings.